The standard InChI is InChI=1S/C11H11FN2O/c1-8(15)14-6-2-3-9-4-5-10(12)7-11(9)13/h4-5,7H,6,13H2,1H3,(H,14,15). The molecule has 0 spiro atoms. The van der Waals surface area contributed by atoms with Gasteiger partial charge in [0.25, 0.3) is 0 Å². The minimum Gasteiger partial charge on any atom is -0.398 e. The number of nitrogen functional groups attached to an aromatic ring is 1. The lowest BCUT2D eigenvalue weighted by atomic mass is 10.2. The van der Waals surface area contributed by atoms with Gasteiger partial charge in [0.1, 0.15) is 5.82 Å². The van der Waals surface area contributed by atoms with Crippen LogP contribution in [0.5, 0.6) is 0 Å². The first kappa shape index (κ1) is 11.1. The Morgan fingerprint density at radius 2 is 2.33 bits per heavy atom. The van der Waals surface area contributed by atoms with Gasteiger partial charge in [-0.05, 0) is 18.2 Å². The van der Waals surface area contributed by atoms with E-state index in [-0.39, 0.29) is 18.3 Å². The van der Waals surface area contributed by atoms with Crippen LogP contribution in [0.15, 0.2) is 18.2 Å². The van der Waals surface area contributed by atoms with E-state index in [0.717, 1.165) is 0 Å². The van der Waals surface area contributed by atoms with E-state index < -0.39 is 0 Å². The number of benzene rings is 1. The van der Waals surface area contributed by atoms with Crippen molar-refractivity contribution in [2.75, 3.05) is 12.3 Å². The zero-order valence-electron chi connectivity index (χ0n) is 8.30. The molecule has 3 nitrogen and oxygen atoms in total. The Kier molecular flexibility index (Phi) is 3.69. The Morgan fingerprint density at radius 1 is 1.60 bits per heavy atom. The van der Waals surface area contributed by atoms with Gasteiger partial charge in [0.15, 0.2) is 0 Å². The molecule has 0 aromatic heterocycles. The summed E-state index contributed by atoms with van der Waals surface area (Å²) in [5, 5.41) is 2.52. The van der Waals surface area contributed by atoms with Crippen LogP contribution in [0, 0.1) is 17.7 Å². The summed E-state index contributed by atoms with van der Waals surface area (Å²) >= 11 is 0. The molecule has 1 rings (SSSR count). The average molecular weight is 206 g/mol. The van der Waals surface area contributed by atoms with Crippen molar-refractivity contribution in [2.45, 2.75) is 6.92 Å². The first-order valence-corrected chi connectivity index (χ1v) is 4.38. The fourth-order valence-electron chi connectivity index (χ4n) is 0.956. The molecule has 0 saturated carbocycles. The van der Waals surface area contributed by atoms with Gasteiger partial charge < -0.3 is 11.1 Å². The van der Waals surface area contributed by atoms with Crippen molar-refractivity contribution in [3.63, 3.8) is 0 Å². The van der Waals surface area contributed by atoms with Gasteiger partial charge in [-0.25, -0.2) is 4.39 Å². The molecule has 0 bridgehead atoms. The van der Waals surface area contributed by atoms with E-state index in [1.807, 2.05) is 0 Å². The summed E-state index contributed by atoms with van der Waals surface area (Å²) in [4.78, 5) is 10.5. The fraction of sp³-hybridized carbons (Fsp3) is 0.182. The predicted molar refractivity (Wildman–Crippen MR) is 56.4 cm³/mol. The first-order valence-electron chi connectivity index (χ1n) is 4.38. The molecule has 0 saturated heterocycles. The summed E-state index contributed by atoms with van der Waals surface area (Å²) in [6, 6.07) is 4.01. The number of nitrogens with one attached hydrogen (secondary N) is 1. The van der Waals surface area contributed by atoms with Crippen LogP contribution in [0.2, 0.25) is 0 Å². The van der Waals surface area contributed by atoms with Crippen LogP contribution in [0.4, 0.5) is 10.1 Å². The number of rotatable bonds is 1. The predicted octanol–water partition coefficient (Wildman–Crippen LogP) is 0.896. The van der Waals surface area contributed by atoms with Crippen molar-refractivity contribution in [3.05, 3.63) is 29.6 Å². The number of nitrogens with two attached hydrogens (primary N) is 1. The molecule has 4 heteroatoms. The largest absolute Gasteiger partial charge is 0.398 e. The van der Waals surface area contributed by atoms with Crippen molar-refractivity contribution in [3.8, 4) is 11.8 Å². The van der Waals surface area contributed by atoms with Gasteiger partial charge in [-0.1, -0.05) is 11.8 Å². The second-order valence-electron chi connectivity index (χ2n) is 2.94. The molecular weight excluding hydrogens is 195 g/mol. The average Bonchev–Trinajstić information content (AvgIpc) is 2.14. The highest BCUT2D eigenvalue weighted by atomic mass is 19.1. The number of amides is 1. The van der Waals surface area contributed by atoms with Crippen molar-refractivity contribution in [2.24, 2.45) is 0 Å². The number of halogens is 1. The number of carbonyl (C=O) groups is 1. The van der Waals surface area contributed by atoms with Gasteiger partial charge in [-0.15, -0.1) is 0 Å². The Balaban J connectivity index is 2.67. The van der Waals surface area contributed by atoms with Gasteiger partial charge >= 0.3 is 0 Å². The molecule has 0 unspecified atom stereocenters. The molecule has 0 fully saturated rings. The molecule has 1 amide bonds. The van der Waals surface area contributed by atoms with Crippen LogP contribution < -0.4 is 11.1 Å². The molecule has 0 radical (unpaired) electrons. The number of anilines is 1. The van der Waals surface area contributed by atoms with Gasteiger partial charge in [0.05, 0.1) is 12.2 Å². The van der Waals surface area contributed by atoms with Crippen LogP contribution >= 0.6 is 0 Å². The van der Waals surface area contributed by atoms with Crippen LogP contribution in [0.3, 0.4) is 0 Å². The lowest BCUT2D eigenvalue weighted by molar-refractivity contribution is -0.118. The van der Waals surface area contributed by atoms with Gasteiger partial charge in [0.2, 0.25) is 5.91 Å². The molecule has 1 aromatic rings. The number of hydrogen-bond donors (Lipinski definition) is 2. The Morgan fingerprint density at radius 3 is 2.93 bits per heavy atom. The third-order valence-corrected chi connectivity index (χ3v) is 1.66. The maximum atomic E-state index is 12.7. The van der Waals surface area contributed by atoms with Crippen molar-refractivity contribution < 1.29 is 9.18 Å². The summed E-state index contributed by atoms with van der Waals surface area (Å²) in [6.45, 7) is 1.67. The zero-order valence-corrected chi connectivity index (χ0v) is 8.30. The third-order valence-electron chi connectivity index (χ3n) is 1.66. The van der Waals surface area contributed by atoms with E-state index in [2.05, 4.69) is 17.2 Å². The van der Waals surface area contributed by atoms with Crippen molar-refractivity contribution in [1.29, 1.82) is 0 Å². The molecule has 78 valence electrons. The minimum atomic E-state index is -0.389. The quantitative estimate of drug-likeness (QED) is 0.529. The minimum absolute atomic E-state index is 0.142. The Hall–Kier alpha value is -2.02. The normalized spacial score (nSPS) is 8.93. The Bertz CT molecular complexity index is 432. The van der Waals surface area contributed by atoms with E-state index in [4.69, 9.17) is 5.73 Å². The summed E-state index contributed by atoms with van der Waals surface area (Å²) in [5.41, 5.74) is 6.39. The third kappa shape index (κ3) is 3.69. The van der Waals surface area contributed by atoms with Gasteiger partial charge in [-0.3, -0.25) is 4.79 Å². The summed E-state index contributed by atoms with van der Waals surface area (Å²) in [5.74, 6) is 4.92. The molecular formula is C11H11FN2O. The van der Waals surface area contributed by atoms with E-state index in [1.54, 1.807) is 0 Å². The van der Waals surface area contributed by atoms with E-state index in [9.17, 15) is 9.18 Å². The molecule has 0 aliphatic rings. The fourth-order valence-corrected chi connectivity index (χ4v) is 0.956. The Labute approximate surface area is 87.5 Å². The second-order valence-corrected chi connectivity index (χ2v) is 2.94. The van der Waals surface area contributed by atoms with Gasteiger partial charge in [-0.2, -0.15) is 0 Å². The van der Waals surface area contributed by atoms with Crippen LogP contribution in [0.1, 0.15) is 12.5 Å². The molecule has 1 aromatic carbocycles. The smallest absolute Gasteiger partial charge is 0.217 e. The maximum absolute atomic E-state index is 12.7. The lowest BCUT2D eigenvalue weighted by Crippen LogP contribution is -2.19. The number of carbonyl (C=O) groups excluding carboxylic acids is 1. The molecule has 0 aliphatic heterocycles. The van der Waals surface area contributed by atoms with E-state index in [1.165, 1.54) is 25.1 Å². The topological polar surface area (TPSA) is 55.1 Å². The zero-order chi connectivity index (χ0) is 11.3. The highest BCUT2D eigenvalue weighted by molar-refractivity contribution is 5.73. The number of hydrogen-bond acceptors (Lipinski definition) is 2. The molecule has 15 heavy (non-hydrogen) atoms. The van der Waals surface area contributed by atoms with Crippen LogP contribution in [0.25, 0.3) is 0 Å². The SMILES string of the molecule is CC(=O)NCC#Cc1ccc(F)cc1N. The van der Waals surface area contributed by atoms with Crippen molar-refractivity contribution >= 4 is 11.6 Å². The molecule has 0 atom stereocenters. The van der Waals surface area contributed by atoms with Gasteiger partial charge in [0, 0.05) is 12.5 Å². The van der Waals surface area contributed by atoms with E-state index >= 15 is 0 Å². The molecule has 3 N–H and O–H groups in total. The van der Waals surface area contributed by atoms with E-state index in [0.29, 0.717) is 11.3 Å². The summed E-state index contributed by atoms with van der Waals surface area (Å²) < 4.78 is 12.7. The molecule has 0 heterocycles. The first-order chi connectivity index (χ1) is 7.09. The maximum Gasteiger partial charge on any atom is 0.217 e. The monoisotopic (exact) mass is 206 g/mol. The van der Waals surface area contributed by atoms with Crippen LogP contribution in [-0.4, -0.2) is 12.5 Å². The highest BCUT2D eigenvalue weighted by Gasteiger charge is 1.96. The summed E-state index contributed by atoms with van der Waals surface area (Å²) in [6.07, 6.45) is 0. The lowest BCUT2D eigenvalue weighted by Gasteiger charge is -1.97. The van der Waals surface area contributed by atoms with Crippen molar-refractivity contribution in [1.82, 2.24) is 5.32 Å². The molecule has 0 aliphatic carbocycles. The second kappa shape index (κ2) is 5.01. The van der Waals surface area contributed by atoms with Crippen LogP contribution in [-0.2, 0) is 4.79 Å². The highest BCUT2D eigenvalue weighted by Crippen LogP contribution is 2.11. The summed E-state index contributed by atoms with van der Waals surface area (Å²) in [7, 11) is 0.